The zero-order valence-corrected chi connectivity index (χ0v) is 10.5. The molecule has 1 heterocycles. The van der Waals surface area contributed by atoms with Crippen LogP contribution in [0.4, 0.5) is 0 Å². The first-order chi connectivity index (χ1) is 8.90. The second-order valence-electron chi connectivity index (χ2n) is 4.35. The first kappa shape index (κ1) is 13.2. The lowest BCUT2D eigenvalue weighted by molar-refractivity contribution is -0.118. The van der Waals surface area contributed by atoms with Crippen LogP contribution in [0.5, 0.6) is 0 Å². The monoisotopic (exact) mass is 249 g/mol. The minimum absolute atomic E-state index is 0.112. The minimum atomic E-state index is -0.112. The Kier molecular flexibility index (Phi) is 5.33. The molecule has 1 unspecified atom stereocenters. The first-order valence-electron chi connectivity index (χ1n) is 6.29. The molecule has 1 aliphatic rings. The summed E-state index contributed by atoms with van der Waals surface area (Å²) in [6.45, 7) is 4.04. The van der Waals surface area contributed by atoms with Crippen molar-refractivity contribution in [2.75, 3.05) is 32.9 Å². The van der Waals surface area contributed by atoms with E-state index in [1.807, 2.05) is 30.3 Å². The largest absolute Gasteiger partial charge is 0.378 e. The highest BCUT2D eigenvalue weighted by molar-refractivity contribution is 5.57. The highest BCUT2D eigenvalue weighted by Crippen LogP contribution is 2.05. The molecule has 0 bridgehead atoms. The molecule has 4 heteroatoms. The van der Waals surface area contributed by atoms with Gasteiger partial charge in [0.15, 0.2) is 0 Å². The summed E-state index contributed by atoms with van der Waals surface area (Å²) >= 11 is 0. The Morgan fingerprint density at radius 3 is 3.00 bits per heavy atom. The molecular formula is C14H19NO3. The number of hydrogen-bond donors (Lipinski definition) is 0. The second kappa shape index (κ2) is 7.26. The van der Waals surface area contributed by atoms with Crippen molar-refractivity contribution >= 4 is 6.29 Å². The first-order valence-corrected chi connectivity index (χ1v) is 6.29. The fourth-order valence-corrected chi connectivity index (χ4v) is 2.01. The van der Waals surface area contributed by atoms with E-state index < -0.39 is 0 Å². The van der Waals surface area contributed by atoms with E-state index >= 15 is 0 Å². The highest BCUT2D eigenvalue weighted by atomic mass is 16.5. The predicted octanol–water partition coefficient (Wildman–Crippen LogP) is 1.10. The van der Waals surface area contributed by atoms with Crippen molar-refractivity contribution in [3.05, 3.63) is 35.9 Å². The number of ether oxygens (including phenoxy) is 2. The van der Waals surface area contributed by atoms with Gasteiger partial charge in [-0.25, -0.2) is 0 Å². The number of morpholine rings is 1. The molecule has 0 saturated carbocycles. The second-order valence-corrected chi connectivity index (χ2v) is 4.35. The van der Waals surface area contributed by atoms with Crippen molar-refractivity contribution in [2.45, 2.75) is 12.6 Å². The van der Waals surface area contributed by atoms with Crippen molar-refractivity contribution < 1.29 is 14.3 Å². The SMILES string of the molecule is O=CC1COCCN1CCOCc1ccccc1. The summed E-state index contributed by atoms with van der Waals surface area (Å²) < 4.78 is 10.9. The summed E-state index contributed by atoms with van der Waals surface area (Å²) in [5, 5.41) is 0. The Balaban J connectivity index is 1.67. The van der Waals surface area contributed by atoms with Gasteiger partial charge in [0.2, 0.25) is 0 Å². The van der Waals surface area contributed by atoms with Gasteiger partial charge < -0.3 is 14.3 Å². The van der Waals surface area contributed by atoms with Gasteiger partial charge in [-0.2, -0.15) is 0 Å². The summed E-state index contributed by atoms with van der Waals surface area (Å²) in [4.78, 5) is 13.0. The van der Waals surface area contributed by atoms with Crippen molar-refractivity contribution in [2.24, 2.45) is 0 Å². The zero-order valence-electron chi connectivity index (χ0n) is 10.5. The van der Waals surface area contributed by atoms with Crippen LogP contribution in [0.1, 0.15) is 5.56 Å². The van der Waals surface area contributed by atoms with Crippen molar-refractivity contribution in [1.82, 2.24) is 4.90 Å². The molecule has 1 aromatic rings. The Labute approximate surface area is 107 Å². The molecule has 0 radical (unpaired) electrons. The quantitative estimate of drug-likeness (QED) is 0.559. The van der Waals surface area contributed by atoms with E-state index in [4.69, 9.17) is 9.47 Å². The summed E-state index contributed by atoms with van der Waals surface area (Å²) in [5.74, 6) is 0. The Morgan fingerprint density at radius 2 is 2.22 bits per heavy atom. The molecule has 2 rings (SSSR count). The molecule has 1 atom stereocenters. The smallest absolute Gasteiger partial charge is 0.139 e. The standard InChI is InChI=1S/C14H19NO3/c16-10-14-12-18-9-7-15(14)6-8-17-11-13-4-2-1-3-5-13/h1-5,10,14H,6-9,11-12H2. The maximum absolute atomic E-state index is 10.9. The van der Waals surface area contributed by atoms with Gasteiger partial charge in [0.25, 0.3) is 0 Å². The van der Waals surface area contributed by atoms with Crippen molar-refractivity contribution in [3.8, 4) is 0 Å². The Bertz CT molecular complexity index is 355. The summed E-state index contributed by atoms with van der Waals surface area (Å²) in [7, 11) is 0. The van der Waals surface area contributed by atoms with Crippen LogP contribution in [-0.4, -0.2) is 50.1 Å². The van der Waals surface area contributed by atoms with Gasteiger partial charge in [-0.1, -0.05) is 30.3 Å². The molecule has 1 aliphatic heterocycles. The number of rotatable bonds is 6. The number of carbonyl (C=O) groups excluding carboxylic acids is 1. The molecule has 0 amide bonds. The normalized spacial score (nSPS) is 20.8. The highest BCUT2D eigenvalue weighted by Gasteiger charge is 2.21. The van der Waals surface area contributed by atoms with Gasteiger partial charge in [0, 0.05) is 13.1 Å². The van der Waals surface area contributed by atoms with E-state index in [9.17, 15) is 4.79 Å². The maximum Gasteiger partial charge on any atom is 0.139 e. The van der Waals surface area contributed by atoms with Crippen LogP contribution in [0.3, 0.4) is 0 Å². The molecule has 0 spiro atoms. The average Bonchev–Trinajstić information content (AvgIpc) is 2.45. The molecule has 18 heavy (non-hydrogen) atoms. The number of hydrogen-bond acceptors (Lipinski definition) is 4. The van der Waals surface area contributed by atoms with Crippen LogP contribution < -0.4 is 0 Å². The van der Waals surface area contributed by atoms with E-state index in [2.05, 4.69) is 4.90 Å². The Morgan fingerprint density at radius 1 is 1.39 bits per heavy atom. The molecule has 1 fully saturated rings. The third kappa shape index (κ3) is 3.91. The van der Waals surface area contributed by atoms with E-state index in [-0.39, 0.29) is 6.04 Å². The number of benzene rings is 1. The van der Waals surface area contributed by atoms with Gasteiger partial charge in [0.1, 0.15) is 6.29 Å². The molecule has 0 N–H and O–H groups in total. The molecule has 1 aromatic carbocycles. The van der Waals surface area contributed by atoms with Crippen LogP contribution in [0.25, 0.3) is 0 Å². The fraction of sp³-hybridized carbons (Fsp3) is 0.500. The average molecular weight is 249 g/mol. The number of carbonyl (C=O) groups is 1. The lowest BCUT2D eigenvalue weighted by Gasteiger charge is -2.31. The predicted molar refractivity (Wildman–Crippen MR) is 68.3 cm³/mol. The summed E-state index contributed by atoms with van der Waals surface area (Å²) in [5.41, 5.74) is 1.17. The summed E-state index contributed by atoms with van der Waals surface area (Å²) in [6, 6.07) is 9.98. The molecule has 98 valence electrons. The topological polar surface area (TPSA) is 38.8 Å². The molecule has 1 saturated heterocycles. The third-order valence-corrected chi connectivity index (χ3v) is 3.07. The van der Waals surface area contributed by atoms with E-state index in [0.717, 1.165) is 19.4 Å². The van der Waals surface area contributed by atoms with E-state index in [1.54, 1.807) is 0 Å². The van der Waals surface area contributed by atoms with Crippen LogP contribution in [0.2, 0.25) is 0 Å². The maximum atomic E-state index is 10.9. The van der Waals surface area contributed by atoms with Gasteiger partial charge in [-0.15, -0.1) is 0 Å². The van der Waals surface area contributed by atoms with E-state index in [0.29, 0.717) is 26.4 Å². The van der Waals surface area contributed by atoms with Gasteiger partial charge in [-0.05, 0) is 5.56 Å². The van der Waals surface area contributed by atoms with Crippen molar-refractivity contribution in [3.63, 3.8) is 0 Å². The molecule has 4 nitrogen and oxygen atoms in total. The molecule has 0 aliphatic carbocycles. The lowest BCUT2D eigenvalue weighted by atomic mass is 10.2. The number of nitrogens with zero attached hydrogens (tertiary/aromatic N) is 1. The van der Waals surface area contributed by atoms with Crippen LogP contribution in [-0.2, 0) is 20.9 Å². The van der Waals surface area contributed by atoms with E-state index in [1.165, 1.54) is 5.56 Å². The molecular weight excluding hydrogens is 230 g/mol. The van der Waals surface area contributed by atoms with Crippen LogP contribution >= 0.6 is 0 Å². The minimum Gasteiger partial charge on any atom is -0.378 e. The van der Waals surface area contributed by atoms with Gasteiger partial charge >= 0.3 is 0 Å². The fourth-order valence-electron chi connectivity index (χ4n) is 2.01. The Hall–Kier alpha value is -1.23. The number of aldehydes is 1. The van der Waals surface area contributed by atoms with Crippen LogP contribution in [0.15, 0.2) is 30.3 Å². The van der Waals surface area contributed by atoms with Gasteiger partial charge in [0.05, 0.1) is 32.5 Å². The van der Waals surface area contributed by atoms with Crippen LogP contribution in [0, 0.1) is 0 Å². The lowest BCUT2D eigenvalue weighted by Crippen LogP contribution is -2.47. The van der Waals surface area contributed by atoms with Gasteiger partial charge in [-0.3, -0.25) is 4.90 Å². The summed E-state index contributed by atoms with van der Waals surface area (Å²) in [6.07, 6.45) is 0.955. The third-order valence-electron chi connectivity index (χ3n) is 3.07. The zero-order chi connectivity index (χ0) is 12.6. The van der Waals surface area contributed by atoms with Crippen molar-refractivity contribution in [1.29, 1.82) is 0 Å². The molecule has 0 aromatic heterocycles.